The van der Waals surface area contributed by atoms with Crippen molar-refractivity contribution in [2.24, 2.45) is 0 Å². The Morgan fingerprint density at radius 1 is 0.855 bits per heavy atom. The van der Waals surface area contributed by atoms with Gasteiger partial charge in [0.2, 0.25) is 11.8 Å². The van der Waals surface area contributed by atoms with E-state index in [1.54, 1.807) is 4.90 Å². The quantitative estimate of drug-likeness (QED) is 0.240. The molecule has 2 aromatic heterocycles. The van der Waals surface area contributed by atoms with Crippen LogP contribution in [0.25, 0.3) is 22.3 Å². The number of hydrogen-bond donors (Lipinski definition) is 2. The lowest BCUT2D eigenvalue weighted by Gasteiger charge is -2.40. The number of anilines is 2. The van der Waals surface area contributed by atoms with E-state index < -0.39 is 11.9 Å². The number of amides is 5. The summed E-state index contributed by atoms with van der Waals surface area (Å²) in [6.07, 6.45) is 3.66. The minimum absolute atomic E-state index is 0.00334. The van der Waals surface area contributed by atoms with Crippen molar-refractivity contribution in [2.75, 3.05) is 49.9 Å². The first-order chi connectivity index (χ1) is 26.8. The molecule has 3 fully saturated rings. The van der Waals surface area contributed by atoms with Crippen LogP contribution < -0.4 is 20.7 Å². The lowest BCUT2D eigenvalue weighted by molar-refractivity contribution is -0.136. The summed E-state index contributed by atoms with van der Waals surface area (Å²) in [5, 5.41) is 8.09. The number of benzene rings is 3. The number of nitrogen functional groups attached to an aromatic ring is 1. The molecule has 0 aliphatic carbocycles. The van der Waals surface area contributed by atoms with E-state index in [2.05, 4.69) is 20.2 Å². The van der Waals surface area contributed by atoms with Crippen LogP contribution in [0.15, 0.2) is 79.1 Å². The van der Waals surface area contributed by atoms with E-state index in [1.807, 2.05) is 87.3 Å². The number of nitrogens with zero attached hydrogens (tertiary/aromatic N) is 8. The standard InChI is InChI=1S/C40H40N10O5/c41-36-34-35(25-8-11-30(12-9-25)55-29-6-2-1-3-7-29)45-50(37(34)43-24-42-36)28-5-4-16-48(23-28)40(54)47-19-17-46(18-20-47)27-10-13-31-26(21-27)22-49(39(31)53)32-14-15-33(51)44-38(32)52/h1-3,6-13,21,24,28,32H,4-5,14-20,22-23H2,(H2,41,42,43)(H,44,51,52)/t28-,32?/m1/s1. The fourth-order valence-electron chi connectivity index (χ4n) is 8.20. The molecule has 15 nitrogen and oxygen atoms in total. The number of carbonyl (C=O) groups excluding carboxylic acids is 4. The molecular formula is C40H40N10O5. The lowest BCUT2D eigenvalue weighted by atomic mass is 10.0. The molecule has 6 heterocycles. The molecule has 0 radical (unpaired) electrons. The van der Waals surface area contributed by atoms with Crippen LogP contribution in [-0.2, 0) is 16.1 Å². The summed E-state index contributed by atoms with van der Waals surface area (Å²) in [5.41, 5.74) is 11.0. The Morgan fingerprint density at radius 3 is 2.42 bits per heavy atom. The number of aromatic nitrogens is 4. The summed E-state index contributed by atoms with van der Waals surface area (Å²) in [7, 11) is 0. The molecule has 3 saturated heterocycles. The summed E-state index contributed by atoms with van der Waals surface area (Å²) >= 11 is 0. The minimum Gasteiger partial charge on any atom is -0.457 e. The highest BCUT2D eigenvalue weighted by Gasteiger charge is 2.39. The van der Waals surface area contributed by atoms with Gasteiger partial charge in [-0.05, 0) is 79.4 Å². The van der Waals surface area contributed by atoms with E-state index in [1.165, 1.54) is 6.33 Å². The number of piperazine rings is 1. The van der Waals surface area contributed by atoms with Gasteiger partial charge in [0, 0.05) is 69.0 Å². The fraction of sp³-hybridized carbons (Fsp3) is 0.325. The first-order valence-electron chi connectivity index (χ1n) is 18.7. The first-order valence-corrected chi connectivity index (χ1v) is 18.7. The van der Waals surface area contributed by atoms with Crippen molar-refractivity contribution in [1.29, 1.82) is 0 Å². The number of imide groups is 1. The molecule has 5 aromatic rings. The molecule has 280 valence electrons. The second-order valence-electron chi connectivity index (χ2n) is 14.4. The normalized spacial score (nSPS) is 20.2. The zero-order valence-corrected chi connectivity index (χ0v) is 30.1. The van der Waals surface area contributed by atoms with Gasteiger partial charge in [0.1, 0.15) is 35.4 Å². The number of likely N-dealkylation sites (tertiary alicyclic amines) is 1. The summed E-state index contributed by atoms with van der Waals surface area (Å²) in [6.45, 7) is 3.87. The number of fused-ring (bicyclic) bond motifs is 2. The van der Waals surface area contributed by atoms with Gasteiger partial charge in [-0.2, -0.15) is 5.10 Å². The van der Waals surface area contributed by atoms with E-state index in [-0.39, 0.29) is 30.3 Å². The number of nitrogens with one attached hydrogen (secondary N) is 1. The topological polar surface area (TPSA) is 172 Å². The van der Waals surface area contributed by atoms with Gasteiger partial charge >= 0.3 is 6.03 Å². The monoisotopic (exact) mass is 740 g/mol. The molecule has 0 saturated carbocycles. The van der Waals surface area contributed by atoms with Crippen LogP contribution in [0.3, 0.4) is 0 Å². The molecular weight excluding hydrogens is 701 g/mol. The van der Waals surface area contributed by atoms with E-state index in [9.17, 15) is 19.2 Å². The zero-order valence-electron chi connectivity index (χ0n) is 30.1. The Bertz CT molecular complexity index is 2300. The molecule has 4 aliphatic rings. The van der Waals surface area contributed by atoms with Crippen molar-refractivity contribution in [1.82, 2.24) is 39.8 Å². The Hall–Kier alpha value is -6.51. The largest absolute Gasteiger partial charge is 0.457 e. The van der Waals surface area contributed by atoms with Gasteiger partial charge in [-0.1, -0.05) is 18.2 Å². The average Bonchev–Trinajstić information content (AvgIpc) is 3.77. The Kier molecular flexibility index (Phi) is 8.75. The smallest absolute Gasteiger partial charge is 0.320 e. The number of ether oxygens (including phenoxy) is 1. The molecule has 3 aromatic carbocycles. The van der Waals surface area contributed by atoms with Gasteiger partial charge in [-0.25, -0.2) is 19.4 Å². The highest BCUT2D eigenvalue weighted by Crippen LogP contribution is 2.36. The Morgan fingerprint density at radius 2 is 1.64 bits per heavy atom. The van der Waals surface area contributed by atoms with Gasteiger partial charge in [-0.15, -0.1) is 0 Å². The summed E-state index contributed by atoms with van der Waals surface area (Å²) in [4.78, 5) is 67.8. The summed E-state index contributed by atoms with van der Waals surface area (Å²) in [5.74, 6) is 0.882. The Balaban J connectivity index is 0.859. The molecule has 9 rings (SSSR count). The highest BCUT2D eigenvalue weighted by molar-refractivity contribution is 6.05. The average molecular weight is 741 g/mol. The third-order valence-electron chi connectivity index (χ3n) is 11.1. The lowest BCUT2D eigenvalue weighted by Crippen LogP contribution is -2.54. The van der Waals surface area contributed by atoms with E-state index in [0.717, 1.165) is 35.4 Å². The van der Waals surface area contributed by atoms with Gasteiger partial charge in [0.05, 0.1) is 11.4 Å². The van der Waals surface area contributed by atoms with E-state index in [0.29, 0.717) is 86.1 Å². The molecule has 4 aliphatic heterocycles. The predicted molar refractivity (Wildman–Crippen MR) is 203 cm³/mol. The van der Waals surface area contributed by atoms with Gasteiger partial charge in [0.25, 0.3) is 5.91 Å². The third kappa shape index (κ3) is 6.44. The maximum Gasteiger partial charge on any atom is 0.320 e. The first kappa shape index (κ1) is 34.3. The highest BCUT2D eigenvalue weighted by atomic mass is 16.5. The van der Waals surface area contributed by atoms with Crippen molar-refractivity contribution in [3.8, 4) is 22.8 Å². The third-order valence-corrected chi connectivity index (χ3v) is 11.1. The number of nitrogens with two attached hydrogens (primary N) is 1. The summed E-state index contributed by atoms with van der Waals surface area (Å²) in [6, 6.07) is 22.3. The van der Waals surface area contributed by atoms with Crippen LogP contribution >= 0.6 is 0 Å². The Labute approximate surface area is 316 Å². The van der Waals surface area contributed by atoms with Crippen LogP contribution in [0.2, 0.25) is 0 Å². The minimum atomic E-state index is -0.649. The van der Waals surface area contributed by atoms with Gasteiger partial charge in [0.15, 0.2) is 5.65 Å². The molecule has 3 N–H and O–H groups in total. The van der Waals surface area contributed by atoms with E-state index in [4.69, 9.17) is 15.6 Å². The molecule has 1 unspecified atom stereocenters. The maximum atomic E-state index is 14.0. The van der Waals surface area contributed by atoms with Crippen LogP contribution in [0.5, 0.6) is 11.5 Å². The van der Waals surface area contributed by atoms with Gasteiger partial charge < -0.3 is 30.1 Å². The number of carbonyl (C=O) groups is 4. The number of para-hydroxylation sites is 1. The van der Waals surface area contributed by atoms with Crippen LogP contribution in [0.1, 0.15) is 47.6 Å². The van der Waals surface area contributed by atoms with Crippen LogP contribution in [0.4, 0.5) is 16.3 Å². The second kappa shape index (κ2) is 14.0. The molecule has 0 bridgehead atoms. The second-order valence-corrected chi connectivity index (χ2v) is 14.4. The van der Waals surface area contributed by atoms with Crippen molar-refractivity contribution < 1.29 is 23.9 Å². The SMILES string of the molecule is Nc1ncnc2c1c(-c1ccc(Oc3ccccc3)cc1)nn2[C@@H]1CCCN(C(=O)N2CCN(c3ccc4c(c3)CN(C3CCC(=O)NC3=O)C4=O)CC2)C1. The van der Waals surface area contributed by atoms with Crippen molar-refractivity contribution in [2.45, 2.75) is 44.3 Å². The van der Waals surface area contributed by atoms with Crippen molar-refractivity contribution in [3.63, 3.8) is 0 Å². The van der Waals surface area contributed by atoms with Crippen molar-refractivity contribution in [3.05, 3.63) is 90.3 Å². The fourth-order valence-corrected chi connectivity index (χ4v) is 8.20. The molecule has 0 spiro atoms. The molecule has 2 atom stereocenters. The van der Waals surface area contributed by atoms with Crippen LogP contribution in [0, 0.1) is 0 Å². The van der Waals surface area contributed by atoms with E-state index >= 15 is 0 Å². The molecule has 15 heteroatoms. The number of piperidine rings is 2. The number of rotatable bonds is 6. The maximum absolute atomic E-state index is 14.0. The molecule has 5 amide bonds. The number of urea groups is 1. The van der Waals surface area contributed by atoms with Gasteiger partial charge in [-0.3, -0.25) is 19.7 Å². The van der Waals surface area contributed by atoms with Crippen molar-refractivity contribution >= 4 is 46.3 Å². The molecule has 55 heavy (non-hydrogen) atoms. The predicted octanol–water partition coefficient (Wildman–Crippen LogP) is 4.21. The summed E-state index contributed by atoms with van der Waals surface area (Å²) < 4.78 is 7.90. The zero-order chi connectivity index (χ0) is 37.6. The number of hydrogen-bond acceptors (Lipinski definition) is 10. The van der Waals surface area contributed by atoms with Crippen LogP contribution in [-0.4, -0.2) is 104 Å².